The molecule has 0 spiro atoms. The van der Waals surface area contributed by atoms with Crippen molar-refractivity contribution in [3.8, 4) is 0 Å². The predicted octanol–water partition coefficient (Wildman–Crippen LogP) is 2.92. The highest BCUT2D eigenvalue weighted by Crippen LogP contribution is 2.25. The van der Waals surface area contributed by atoms with Crippen LogP contribution in [0, 0.1) is 0 Å². The summed E-state index contributed by atoms with van der Waals surface area (Å²) in [6.45, 7) is 3.09. The van der Waals surface area contributed by atoms with Crippen LogP contribution in [-0.4, -0.2) is 16.1 Å². The number of benzene rings is 1. The van der Waals surface area contributed by atoms with E-state index in [1.165, 1.54) is 36.4 Å². The molecule has 2 aromatic rings. The van der Waals surface area contributed by atoms with E-state index in [0.717, 1.165) is 18.7 Å². The Morgan fingerprint density at radius 1 is 1.32 bits per heavy atom. The summed E-state index contributed by atoms with van der Waals surface area (Å²) < 4.78 is 3.98. The molecule has 3 rings (SSSR count). The fourth-order valence-electron chi connectivity index (χ4n) is 2.84. The van der Waals surface area contributed by atoms with Gasteiger partial charge in [0.15, 0.2) is 0 Å². The Kier molecular flexibility index (Phi) is 3.89. The van der Waals surface area contributed by atoms with Gasteiger partial charge in [0, 0.05) is 5.38 Å². The minimum atomic E-state index is 0.281. The third-order valence-electron chi connectivity index (χ3n) is 3.79. The van der Waals surface area contributed by atoms with E-state index in [-0.39, 0.29) is 6.04 Å². The first-order valence-electron chi connectivity index (χ1n) is 6.98. The average Bonchev–Trinajstić information content (AvgIpc) is 3.09. The van der Waals surface area contributed by atoms with E-state index in [2.05, 4.69) is 40.0 Å². The summed E-state index contributed by atoms with van der Waals surface area (Å²) in [7, 11) is 0. The third-order valence-corrected chi connectivity index (χ3v) is 4.31. The van der Waals surface area contributed by atoms with Gasteiger partial charge >= 0.3 is 0 Å². The Bertz CT molecular complexity index is 536. The van der Waals surface area contributed by atoms with Gasteiger partial charge in [-0.15, -0.1) is 5.10 Å². The van der Waals surface area contributed by atoms with E-state index < -0.39 is 0 Å². The lowest BCUT2D eigenvalue weighted by Crippen LogP contribution is -2.23. The maximum Gasteiger partial charge on any atom is 0.0928 e. The van der Waals surface area contributed by atoms with Gasteiger partial charge in [-0.1, -0.05) is 29.6 Å². The van der Waals surface area contributed by atoms with Crippen LogP contribution in [0.3, 0.4) is 0 Å². The maximum atomic E-state index is 4.21. The van der Waals surface area contributed by atoms with Gasteiger partial charge < -0.3 is 5.32 Å². The number of hydrogen-bond acceptors (Lipinski definition) is 4. The van der Waals surface area contributed by atoms with Crippen LogP contribution in [0.15, 0.2) is 23.6 Å². The Balaban J connectivity index is 1.78. The first-order chi connectivity index (χ1) is 9.36. The number of hydrogen-bond donors (Lipinski definition) is 1. The summed E-state index contributed by atoms with van der Waals surface area (Å²) in [5, 5.41) is 9.76. The Morgan fingerprint density at radius 2 is 2.21 bits per heavy atom. The van der Waals surface area contributed by atoms with Gasteiger partial charge in [-0.25, -0.2) is 0 Å². The molecule has 0 aliphatic heterocycles. The lowest BCUT2D eigenvalue weighted by molar-refractivity contribution is 0.535. The van der Waals surface area contributed by atoms with Crippen molar-refractivity contribution in [2.75, 3.05) is 6.54 Å². The molecule has 0 radical (unpaired) electrons. The monoisotopic (exact) mass is 273 g/mol. The molecule has 1 aromatic heterocycles. The summed E-state index contributed by atoms with van der Waals surface area (Å²) >= 11 is 1.42. The highest BCUT2D eigenvalue weighted by molar-refractivity contribution is 7.03. The standard InChI is InChI=1S/C15H19N3S/c1-2-16-14(15-10-19-18-17-15)9-11-6-7-12-4-3-5-13(12)8-11/h6-8,10,14,16H,2-5,9H2,1H3. The zero-order valence-corrected chi connectivity index (χ0v) is 12.0. The molecule has 0 saturated carbocycles. The molecule has 0 fully saturated rings. The van der Waals surface area contributed by atoms with Gasteiger partial charge in [0.05, 0.1) is 11.7 Å². The van der Waals surface area contributed by atoms with E-state index in [1.54, 1.807) is 11.1 Å². The Labute approximate surface area is 118 Å². The third kappa shape index (κ3) is 2.85. The minimum Gasteiger partial charge on any atom is -0.309 e. The molecule has 1 N–H and O–H groups in total. The second kappa shape index (κ2) is 5.80. The fourth-order valence-corrected chi connectivity index (χ4v) is 3.35. The van der Waals surface area contributed by atoms with Crippen LogP contribution < -0.4 is 5.32 Å². The molecule has 1 unspecified atom stereocenters. The summed E-state index contributed by atoms with van der Waals surface area (Å²) in [6.07, 6.45) is 4.80. The van der Waals surface area contributed by atoms with Crippen LogP contribution in [0.4, 0.5) is 0 Å². The topological polar surface area (TPSA) is 37.8 Å². The van der Waals surface area contributed by atoms with E-state index in [1.807, 2.05) is 5.38 Å². The first-order valence-corrected chi connectivity index (χ1v) is 7.81. The van der Waals surface area contributed by atoms with Gasteiger partial charge in [-0.3, -0.25) is 0 Å². The molecular weight excluding hydrogens is 254 g/mol. The predicted molar refractivity (Wildman–Crippen MR) is 78.5 cm³/mol. The molecule has 0 amide bonds. The van der Waals surface area contributed by atoms with Crippen LogP contribution in [0.2, 0.25) is 0 Å². The normalized spacial score (nSPS) is 15.4. The summed E-state index contributed by atoms with van der Waals surface area (Å²) in [5.41, 5.74) is 5.55. The molecule has 1 heterocycles. The largest absolute Gasteiger partial charge is 0.309 e. The highest BCUT2D eigenvalue weighted by atomic mass is 32.1. The highest BCUT2D eigenvalue weighted by Gasteiger charge is 2.16. The molecule has 3 nitrogen and oxygen atoms in total. The molecule has 0 bridgehead atoms. The number of fused-ring (bicyclic) bond motifs is 1. The van der Waals surface area contributed by atoms with Crippen molar-refractivity contribution < 1.29 is 0 Å². The van der Waals surface area contributed by atoms with Gasteiger partial charge in [0.2, 0.25) is 0 Å². The van der Waals surface area contributed by atoms with E-state index in [4.69, 9.17) is 0 Å². The number of nitrogens with zero attached hydrogens (tertiary/aromatic N) is 2. The van der Waals surface area contributed by atoms with E-state index in [0.29, 0.717) is 0 Å². The number of rotatable bonds is 5. The summed E-state index contributed by atoms with van der Waals surface area (Å²) in [5.74, 6) is 0. The quantitative estimate of drug-likeness (QED) is 0.910. The average molecular weight is 273 g/mol. The number of likely N-dealkylation sites (N-methyl/N-ethyl adjacent to an activating group) is 1. The Hall–Kier alpha value is -1.26. The maximum absolute atomic E-state index is 4.21. The van der Waals surface area contributed by atoms with Crippen molar-refractivity contribution in [3.05, 3.63) is 46.0 Å². The fraction of sp³-hybridized carbons (Fsp3) is 0.467. The molecular formula is C15H19N3S. The van der Waals surface area contributed by atoms with Crippen molar-refractivity contribution in [1.82, 2.24) is 14.9 Å². The molecule has 0 saturated heterocycles. The zero-order chi connectivity index (χ0) is 13.1. The summed E-state index contributed by atoms with van der Waals surface area (Å²) in [6, 6.07) is 7.24. The van der Waals surface area contributed by atoms with Crippen LogP contribution in [0.1, 0.15) is 41.8 Å². The lowest BCUT2D eigenvalue weighted by atomic mass is 10.00. The van der Waals surface area contributed by atoms with Crippen molar-refractivity contribution in [2.45, 2.75) is 38.6 Å². The number of nitrogens with one attached hydrogen (secondary N) is 1. The summed E-state index contributed by atoms with van der Waals surface area (Å²) in [4.78, 5) is 0. The van der Waals surface area contributed by atoms with Gasteiger partial charge in [-0.2, -0.15) is 0 Å². The van der Waals surface area contributed by atoms with Gasteiger partial charge in [0.1, 0.15) is 0 Å². The van der Waals surface area contributed by atoms with E-state index in [9.17, 15) is 0 Å². The van der Waals surface area contributed by atoms with Crippen LogP contribution in [0.5, 0.6) is 0 Å². The minimum absolute atomic E-state index is 0.281. The van der Waals surface area contributed by atoms with Crippen LogP contribution in [0.25, 0.3) is 0 Å². The molecule has 1 atom stereocenters. The molecule has 1 aliphatic rings. The number of aryl methyl sites for hydroxylation is 2. The lowest BCUT2D eigenvalue weighted by Gasteiger charge is -2.16. The van der Waals surface area contributed by atoms with Crippen molar-refractivity contribution >= 4 is 11.5 Å². The Morgan fingerprint density at radius 3 is 3.00 bits per heavy atom. The van der Waals surface area contributed by atoms with Crippen molar-refractivity contribution in [3.63, 3.8) is 0 Å². The molecule has 4 heteroatoms. The first kappa shape index (κ1) is 12.8. The second-order valence-electron chi connectivity index (χ2n) is 5.10. The van der Waals surface area contributed by atoms with Gasteiger partial charge in [0.25, 0.3) is 0 Å². The smallest absolute Gasteiger partial charge is 0.0928 e. The second-order valence-corrected chi connectivity index (χ2v) is 5.71. The van der Waals surface area contributed by atoms with Crippen molar-refractivity contribution in [1.29, 1.82) is 0 Å². The number of aromatic nitrogens is 2. The molecule has 100 valence electrons. The van der Waals surface area contributed by atoms with Crippen LogP contribution >= 0.6 is 11.5 Å². The molecule has 1 aromatic carbocycles. The van der Waals surface area contributed by atoms with E-state index >= 15 is 0 Å². The SMILES string of the molecule is CCNC(Cc1ccc2c(c1)CCC2)c1csnn1. The molecule has 19 heavy (non-hydrogen) atoms. The van der Waals surface area contributed by atoms with Crippen molar-refractivity contribution in [2.24, 2.45) is 0 Å². The molecule has 1 aliphatic carbocycles. The van der Waals surface area contributed by atoms with Gasteiger partial charge in [-0.05, 0) is 60.5 Å². The zero-order valence-electron chi connectivity index (χ0n) is 11.2. The van der Waals surface area contributed by atoms with Crippen LogP contribution in [-0.2, 0) is 19.3 Å².